The van der Waals surface area contributed by atoms with Crippen molar-refractivity contribution in [3.63, 3.8) is 0 Å². The van der Waals surface area contributed by atoms with E-state index in [-0.39, 0.29) is 6.10 Å². The van der Waals surface area contributed by atoms with E-state index in [1.807, 2.05) is 0 Å². The second-order valence-electron chi connectivity index (χ2n) is 8.70. The van der Waals surface area contributed by atoms with Crippen LogP contribution in [0, 0.1) is 52.3 Å². The number of aliphatic hydroxyl groups is 1. The van der Waals surface area contributed by atoms with Gasteiger partial charge in [0.05, 0.1) is 12.2 Å². The third kappa shape index (κ3) is 2.00. The minimum absolute atomic E-state index is 0.0367. The molecule has 0 amide bonds. The first-order chi connectivity index (χ1) is 10.1. The molecule has 4 saturated carbocycles. The molecule has 4 aliphatic rings. The molecular weight excluding hydrogens is 258 g/mol. The van der Waals surface area contributed by atoms with Gasteiger partial charge in [-0.1, -0.05) is 6.92 Å². The Labute approximate surface area is 128 Å². The third-order valence-corrected chi connectivity index (χ3v) is 8.12. The highest BCUT2D eigenvalue weighted by molar-refractivity contribution is 5.08. The van der Waals surface area contributed by atoms with E-state index in [0.29, 0.717) is 17.3 Å². The largest absolute Gasteiger partial charge is 0.393 e. The van der Waals surface area contributed by atoms with Gasteiger partial charge in [0.1, 0.15) is 0 Å². The normalized spacial score (nSPS) is 56.0. The lowest BCUT2D eigenvalue weighted by Gasteiger charge is -2.58. The van der Waals surface area contributed by atoms with E-state index in [2.05, 4.69) is 13.0 Å². The summed E-state index contributed by atoms with van der Waals surface area (Å²) in [5, 5.41) is 19.4. The summed E-state index contributed by atoms with van der Waals surface area (Å²) in [6.07, 6.45) is 11.1. The smallest absolute Gasteiger partial charge is 0.0658 e. The number of aliphatic hydroxyl groups excluding tert-OH is 1. The molecule has 0 aliphatic heterocycles. The van der Waals surface area contributed by atoms with Crippen molar-refractivity contribution in [2.45, 2.75) is 70.8 Å². The van der Waals surface area contributed by atoms with Crippen LogP contribution in [0.25, 0.3) is 0 Å². The molecule has 8 atom stereocenters. The number of nitrogens with zero attached hydrogens (tertiary/aromatic N) is 1. The molecule has 21 heavy (non-hydrogen) atoms. The summed E-state index contributed by atoms with van der Waals surface area (Å²) >= 11 is 0. The highest BCUT2D eigenvalue weighted by Crippen LogP contribution is 2.63. The van der Waals surface area contributed by atoms with Crippen molar-refractivity contribution >= 4 is 0 Å². The van der Waals surface area contributed by atoms with Crippen LogP contribution >= 0.6 is 0 Å². The van der Waals surface area contributed by atoms with E-state index in [1.165, 1.54) is 38.5 Å². The first kappa shape index (κ1) is 14.1. The van der Waals surface area contributed by atoms with Crippen LogP contribution in [0.5, 0.6) is 0 Å². The van der Waals surface area contributed by atoms with Crippen molar-refractivity contribution in [3.8, 4) is 6.07 Å². The lowest BCUT2D eigenvalue weighted by molar-refractivity contribution is -0.107. The lowest BCUT2D eigenvalue weighted by atomic mass is 9.47. The molecule has 0 aromatic heterocycles. The Morgan fingerprint density at radius 3 is 2.52 bits per heavy atom. The van der Waals surface area contributed by atoms with Gasteiger partial charge in [-0.05, 0) is 92.8 Å². The molecule has 116 valence electrons. The summed E-state index contributed by atoms with van der Waals surface area (Å²) in [5.74, 6) is 4.44. The molecule has 4 fully saturated rings. The molecule has 0 radical (unpaired) electrons. The number of nitriles is 1. The second-order valence-corrected chi connectivity index (χ2v) is 8.70. The van der Waals surface area contributed by atoms with Crippen molar-refractivity contribution in [2.75, 3.05) is 0 Å². The van der Waals surface area contributed by atoms with Gasteiger partial charge < -0.3 is 5.11 Å². The molecule has 0 spiro atoms. The second kappa shape index (κ2) is 4.98. The molecule has 1 N–H and O–H groups in total. The summed E-state index contributed by atoms with van der Waals surface area (Å²) in [6, 6.07) is 2.60. The highest BCUT2D eigenvalue weighted by Gasteiger charge is 2.56. The molecule has 2 heteroatoms. The molecule has 4 rings (SSSR count). The Kier molecular flexibility index (Phi) is 3.34. The lowest BCUT2D eigenvalue weighted by Crippen LogP contribution is -2.51. The van der Waals surface area contributed by atoms with E-state index >= 15 is 0 Å². The molecule has 0 aromatic rings. The van der Waals surface area contributed by atoms with Gasteiger partial charge in [0.15, 0.2) is 0 Å². The summed E-state index contributed by atoms with van der Waals surface area (Å²) in [5.41, 5.74) is 0.484. The van der Waals surface area contributed by atoms with Gasteiger partial charge in [-0.25, -0.2) is 0 Å². The van der Waals surface area contributed by atoms with Crippen LogP contribution in [0.15, 0.2) is 0 Å². The number of hydrogen-bond donors (Lipinski definition) is 1. The van der Waals surface area contributed by atoms with E-state index in [9.17, 15) is 10.4 Å². The molecule has 4 aliphatic carbocycles. The summed E-state index contributed by atoms with van der Waals surface area (Å²) in [6.45, 7) is 2.54. The van der Waals surface area contributed by atoms with Crippen LogP contribution in [0.1, 0.15) is 64.7 Å². The van der Waals surface area contributed by atoms with Gasteiger partial charge >= 0.3 is 0 Å². The van der Waals surface area contributed by atoms with Crippen LogP contribution in [-0.2, 0) is 0 Å². The minimum Gasteiger partial charge on any atom is -0.393 e. The predicted molar refractivity (Wildman–Crippen MR) is 82.2 cm³/mol. The van der Waals surface area contributed by atoms with Crippen molar-refractivity contribution in [2.24, 2.45) is 40.9 Å². The Hall–Kier alpha value is -0.550. The Balaban J connectivity index is 1.58. The van der Waals surface area contributed by atoms with Crippen LogP contribution in [0.4, 0.5) is 0 Å². The standard InChI is InChI=1S/C19H29NO/c1-19-9-8-14(21)10-13(19)3-5-17-16-4-2-12(11-20)15(16)6-7-18(17)19/h12-18,21H,2-10H2,1H3/t12-,13-,14-,15-,16-,17+,18+,19+/m1/s1. The minimum atomic E-state index is -0.0367. The van der Waals surface area contributed by atoms with Gasteiger partial charge in [-0.15, -0.1) is 0 Å². The fraction of sp³-hybridized carbons (Fsp3) is 0.947. The molecule has 2 nitrogen and oxygen atoms in total. The van der Waals surface area contributed by atoms with Gasteiger partial charge in [0.25, 0.3) is 0 Å². The average molecular weight is 287 g/mol. The number of hydrogen-bond acceptors (Lipinski definition) is 2. The van der Waals surface area contributed by atoms with E-state index in [1.54, 1.807) is 0 Å². The zero-order valence-corrected chi connectivity index (χ0v) is 13.3. The van der Waals surface area contributed by atoms with Gasteiger partial charge in [-0.3, -0.25) is 0 Å². The Morgan fingerprint density at radius 2 is 1.71 bits per heavy atom. The first-order valence-electron chi connectivity index (χ1n) is 9.21. The topological polar surface area (TPSA) is 44.0 Å². The van der Waals surface area contributed by atoms with E-state index < -0.39 is 0 Å². The van der Waals surface area contributed by atoms with Crippen LogP contribution < -0.4 is 0 Å². The molecule has 0 heterocycles. The highest BCUT2D eigenvalue weighted by atomic mass is 16.3. The van der Waals surface area contributed by atoms with Crippen molar-refractivity contribution in [1.29, 1.82) is 5.26 Å². The van der Waals surface area contributed by atoms with Crippen molar-refractivity contribution in [3.05, 3.63) is 0 Å². The maximum atomic E-state index is 10.0. The van der Waals surface area contributed by atoms with Gasteiger partial charge in [0, 0.05) is 5.92 Å². The number of fused-ring (bicyclic) bond motifs is 5. The van der Waals surface area contributed by atoms with Gasteiger partial charge in [-0.2, -0.15) is 5.26 Å². The average Bonchev–Trinajstić information content (AvgIpc) is 2.91. The van der Waals surface area contributed by atoms with E-state index in [0.717, 1.165) is 42.9 Å². The van der Waals surface area contributed by atoms with Crippen molar-refractivity contribution in [1.82, 2.24) is 0 Å². The Morgan fingerprint density at radius 1 is 0.952 bits per heavy atom. The summed E-state index contributed by atoms with van der Waals surface area (Å²) in [4.78, 5) is 0. The maximum absolute atomic E-state index is 10.0. The zero-order valence-electron chi connectivity index (χ0n) is 13.3. The van der Waals surface area contributed by atoms with Crippen molar-refractivity contribution < 1.29 is 5.11 Å². The monoisotopic (exact) mass is 287 g/mol. The number of rotatable bonds is 0. The summed E-state index contributed by atoms with van der Waals surface area (Å²) in [7, 11) is 0. The molecular formula is C19H29NO. The van der Waals surface area contributed by atoms with E-state index in [4.69, 9.17) is 0 Å². The quantitative estimate of drug-likeness (QED) is 0.727. The third-order valence-electron chi connectivity index (χ3n) is 8.12. The fourth-order valence-corrected chi connectivity index (χ4v) is 7.05. The Bertz CT molecular complexity index is 455. The van der Waals surface area contributed by atoms with Gasteiger partial charge in [0.2, 0.25) is 0 Å². The molecule has 0 saturated heterocycles. The first-order valence-corrected chi connectivity index (χ1v) is 9.21. The molecule has 0 unspecified atom stereocenters. The molecule has 0 aromatic carbocycles. The van der Waals surface area contributed by atoms with Crippen LogP contribution in [0.2, 0.25) is 0 Å². The van der Waals surface area contributed by atoms with Crippen LogP contribution in [0.3, 0.4) is 0 Å². The predicted octanol–water partition coefficient (Wildman–Crippen LogP) is 4.14. The van der Waals surface area contributed by atoms with Crippen LogP contribution in [-0.4, -0.2) is 11.2 Å². The maximum Gasteiger partial charge on any atom is 0.0658 e. The molecule has 0 bridgehead atoms. The zero-order chi connectivity index (χ0) is 14.6. The fourth-order valence-electron chi connectivity index (χ4n) is 7.05. The SMILES string of the molecule is C[C@]12CC[C@@H](O)C[C@H]1CC[C@H]1[C@@H]3CC[C@H](C#N)[C@H]3CC[C@@H]12. The summed E-state index contributed by atoms with van der Waals surface area (Å²) < 4.78 is 0.